The van der Waals surface area contributed by atoms with Crippen LogP contribution in [0.5, 0.6) is 11.5 Å². The standard InChI is InChI=1S/C24H23FN4O5S.2H2/c1-13(30)33-16-7-9-29(12-16)23(31)21-11-18-22(35-21)20(6-8-26-18)34-19-5-4-15(10-17(19)25)28-24(32)27-14-2-3-14;;/h4-6,8,10-11,14,16H,2-3,7,9,12H2,1H3,(H2,27,28,32);2*1H/t16-;;/m0../s1. The lowest BCUT2D eigenvalue weighted by Gasteiger charge is -2.15. The minimum Gasteiger partial charge on any atom is -0.461 e. The van der Waals surface area contributed by atoms with E-state index in [-0.39, 0.29) is 38.7 Å². The topological polar surface area (TPSA) is 110 Å². The monoisotopic (exact) mass is 502 g/mol. The summed E-state index contributed by atoms with van der Waals surface area (Å²) >= 11 is 1.21. The van der Waals surface area contributed by atoms with Crippen molar-refractivity contribution >= 4 is 45.1 Å². The van der Waals surface area contributed by atoms with Crippen molar-refractivity contribution in [2.75, 3.05) is 18.4 Å². The van der Waals surface area contributed by atoms with Crippen LogP contribution in [-0.4, -0.2) is 53.0 Å². The number of carbonyl (C=O) groups is 3. The van der Waals surface area contributed by atoms with E-state index in [9.17, 15) is 18.8 Å². The number of nitrogens with one attached hydrogen (secondary N) is 2. The summed E-state index contributed by atoms with van der Waals surface area (Å²) in [6, 6.07) is 7.29. The van der Waals surface area contributed by atoms with Gasteiger partial charge in [0, 0.05) is 52.8 Å². The quantitative estimate of drug-likeness (QED) is 0.470. The molecule has 1 aliphatic carbocycles. The summed E-state index contributed by atoms with van der Waals surface area (Å²) in [5.74, 6) is -0.838. The van der Waals surface area contributed by atoms with Crippen LogP contribution in [0.25, 0.3) is 10.2 Å². The van der Waals surface area contributed by atoms with Gasteiger partial charge >= 0.3 is 12.0 Å². The molecular formula is C24H27FN4O5S. The van der Waals surface area contributed by atoms with Crippen molar-refractivity contribution in [3.05, 3.63) is 47.2 Å². The number of likely N-dealkylation sites (tertiary alicyclic amines) is 1. The first kappa shape index (κ1) is 23.0. The molecule has 0 bridgehead atoms. The molecule has 1 atom stereocenters. The number of esters is 1. The van der Waals surface area contributed by atoms with E-state index in [4.69, 9.17) is 9.47 Å². The Hall–Kier alpha value is -3.73. The van der Waals surface area contributed by atoms with Crippen LogP contribution in [0.3, 0.4) is 0 Å². The highest BCUT2D eigenvalue weighted by Crippen LogP contribution is 2.37. The normalized spacial score (nSPS) is 17.3. The molecule has 186 valence electrons. The Bertz CT molecular complexity index is 1320. The predicted molar refractivity (Wildman–Crippen MR) is 132 cm³/mol. The van der Waals surface area contributed by atoms with Crippen molar-refractivity contribution in [1.82, 2.24) is 15.2 Å². The first-order valence-electron chi connectivity index (χ1n) is 11.3. The molecule has 3 aromatic rings. The van der Waals surface area contributed by atoms with E-state index in [0.29, 0.717) is 46.0 Å². The van der Waals surface area contributed by atoms with Crippen LogP contribution in [0, 0.1) is 5.82 Å². The zero-order valence-electron chi connectivity index (χ0n) is 18.9. The summed E-state index contributed by atoms with van der Waals surface area (Å²) in [6.45, 7) is 2.18. The number of fused-ring (bicyclic) bond motifs is 1. The molecule has 0 spiro atoms. The van der Waals surface area contributed by atoms with Crippen LogP contribution in [-0.2, 0) is 9.53 Å². The molecule has 11 heteroatoms. The minimum absolute atomic E-state index is 0. The van der Waals surface area contributed by atoms with E-state index in [1.807, 2.05) is 0 Å². The number of amides is 3. The Morgan fingerprint density at radius 2 is 2.00 bits per heavy atom. The van der Waals surface area contributed by atoms with Gasteiger partial charge in [-0.3, -0.25) is 14.6 Å². The minimum atomic E-state index is -0.638. The van der Waals surface area contributed by atoms with Crippen LogP contribution in [0.1, 0.15) is 38.7 Å². The molecule has 5 rings (SSSR count). The lowest BCUT2D eigenvalue weighted by atomic mass is 10.3. The molecule has 0 radical (unpaired) electrons. The molecule has 0 unspecified atom stereocenters. The highest BCUT2D eigenvalue weighted by atomic mass is 32.1. The molecule has 3 amide bonds. The maximum atomic E-state index is 14.7. The van der Waals surface area contributed by atoms with Gasteiger partial charge in [0.2, 0.25) is 0 Å². The summed E-state index contributed by atoms with van der Waals surface area (Å²) in [6.07, 6.45) is 3.73. The number of benzene rings is 1. The SMILES string of the molecule is CC(=O)O[C@H]1CCN(C(=O)c2cc3nccc(Oc4ccc(NC(=O)NC5CC5)cc4F)c3s2)C1.[HH].[HH]. The number of thiophene rings is 1. The van der Waals surface area contributed by atoms with Crippen LogP contribution in [0.15, 0.2) is 36.5 Å². The number of hydrogen-bond acceptors (Lipinski definition) is 7. The number of rotatable bonds is 6. The third-order valence-electron chi connectivity index (χ3n) is 5.67. The van der Waals surface area contributed by atoms with Crippen molar-refractivity contribution in [3.8, 4) is 11.5 Å². The highest BCUT2D eigenvalue weighted by molar-refractivity contribution is 7.21. The Balaban J connectivity index is 0.00000190. The predicted octanol–water partition coefficient (Wildman–Crippen LogP) is 4.78. The van der Waals surface area contributed by atoms with Crippen LogP contribution < -0.4 is 15.4 Å². The number of halogens is 1. The van der Waals surface area contributed by atoms with Gasteiger partial charge in [-0.25, -0.2) is 9.18 Å². The maximum absolute atomic E-state index is 14.7. The smallest absolute Gasteiger partial charge is 0.319 e. The van der Waals surface area contributed by atoms with Gasteiger partial charge in [0.15, 0.2) is 11.6 Å². The molecule has 2 N–H and O–H groups in total. The molecular weight excluding hydrogens is 475 g/mol. The maximum Gasteiger partial charge on any atom is 0.319 e. The fourth-order valence-electron chi connectivity index (χ4n) is 3.86. The second kappa shape index (κ2) is 9.49. The molecule has 1 aliphatic heterocycles. The number of carbonyl (C=O) groups excluding carboxylic acids is 3. The molecule has 1 saturated carbocycles. The Morgan fingerprint density at radius 1 is 1.17 bits per heavy atom. The van der Waals surface area contributed by atoms with Crippen molar-refractivity contribution in [2.45, 2.75) is 38.3 Å². The van der Waals surface area contributed by atoms with Crippen molar-refractivity contribution < 1.29 is 31.1 Å². The number of hydrogen-bond donors (Lipinski definition) is 2. The van der Waals surface area contributed by atoms with Gasteiger partial charge in [0.25, 0.3) is 5.91 Å². The summed E-state index contributed by atoms with van der Waals surface area (Å²) in [7, 11) is 0. The van der Waals surface area contributed by atoms with Gasteiger partial charge < -0.3 is 25.0 Å². The zero-order valence-corrected chi connectivity index (χ0v) is 19.7. The summed E-state index contributed by atoms with van der Waals surface area (Å²) < 4.78 is 26.4. The lowest BCUT2D eigenvalue weighted by molar-refractivity contribution is -0.145. The largest absolute Gasteiger partial charge is 0.461 e. The van der Waals surface area contributed by atoms with Crippen LogP contribution in [0.2, 0.25) is 0 Å². The average Bonchev–Trinajstić information content (AvgIpc) is 3.31. The number of nitrogens with zero attached hydrogens (tertiary/aromatic N) is 2. The molecule has 2 aliphatic rings. The van der Waals surface area contributed by atoms with Crippen LogP contribution in [0.4, 0.5) is 14.9 Å². The first-order chi connectivity index (χ1) is 16.9. The summed E-state index contributed by atoms with van der Waals surface area (Å²) in [4.78, 5) is 42.5. The average molecular weight is 503 g/mol. The van der Waals surface area contributed by atoms with E-state index in [1.165, 1.54) is 36.6 Å². The van der Waals surface area contributed by atoms with Gasteiger partial charge in [0.05, 0.1) is 21.6 Å². The molecule has 3 heterocycles. The molecule has 35 heavy (non-hydrogen) atoms. The summed E-state index contributed by atoms with van der Waals surface area (Å²) in [5, 5.41) is 5.38. The van der Waals surface area contributed by atoms with Gasteiger partial charge in [-0.15, -0.1) is 11.3 Å². The Kier molecular flexibility index (Phi) is 6.25. The van der Waals surface area contributed by atoms with Gasteiger partial charge in [-0.2, -0.15) is 0 Å². The third kappa shape index (κ3) is 5.35. The van der Waals surface area contributed by atoms with Crippen molar-refractivity contribution in [3.63, 3.8) is 0 Å². The lowest BCUT2D eigenvalue weighted by Crippen LogP contribution is -2.30. The van der Waals surface area contributed by atoms with E-state index in [1.54, 1.807) is 23.1 Å². The summed E-state index contributed by atoms with van der Waals surface area (Å²) in [5.41, 5.74) is 0.872. The number of pyridine rings is 1. The van der Waals surface area contributed by atoms with Gasteiger partial charge in [-0.1, -0.05) is 0 Å². The number of aromatic nitrogens is 1. The van der Waals surface area contributed by atoms with Crippen molar-refractivity contribution in [1.29, 1.82) is 0 Å². The van der Waals surface area contributed by atoms with E-state index in [2.05, 4.69) is 15.6 Å². The Morgan fingerprint density at radius 3 is 2.74 bits per heavy atom. The van der Waals surface area contributed by atoms with E-state index >= 15 is 0 Å². The molecule has 2 fully saturated rings. The number of anilines is 1. The van der Waals surface area contributed by atoms with E-state index < -0.39 is 5.82 Å². The first-order valence-corrected chi connectivity index (χ1v) is 12.1. The zero-order chi connectivity index (χ0) is 24.5. The second-order valence-corrected chi connectivity index (χ2v) is 9.58. The third-order valence-corrected chi connectivity index (χ3v) is 6.80. The number of ether oxygens (including phenoxy) is 2. The second-order valence-electron chi connectivity index (χ2n) is 8.53. The van der Waals surface area contributed by atoms with Gasteiger partial charge in [-0.05, 0) is 31.0 Å². The Labute approximate surface area is 207 Å². The number of urea groups is 1. The molecule has 1 saturated heterocycles. The molecule has 2 aromatic heterocycles. The fourth-order valence-corrected chi connectivity index (χ4v) is 4.89. The fraction of sp³-hybridized carbons (Fsp3) is 0.333. The molecule has 1 aromatic carbocycles. The van der Waals surface area contributed by atoms with E-state index in [0.717, 1.165) is 12.8 Å². The highest BCUT2D eigenvalue weighted by Gasteiger charge is 2.30. The van der Waals surface area contributed by atoms with Crippen LogP contribution >= 0.6 is 11.3 Å². The van der Waals surface area contributed by atoms with Crippen molar-refractivity contribution in [2.24, 2.45) is 0 Å². The van der Waals surface area contributed by atoms with Gasteiger partial charge in [0.1, 0.15) is 11.9 Å². The molecule has 9 nitrogen and oxygen atoms in total.